The van der Waals surface area contributed by atoms with Crippen molar-refractivity contribution in [2.45, 2.75) is 20.8 Å². The number of rotatable bonds is 4. The molecule has 1 aromatic heterocycles. The lowest BCUT2D eigenvalue weighted by atomic mass is 10.2. The highest BCUT2D eigenvalue weighted by molar-refractivity contribution is 7.14. The molecule has 0 spiro atoms. The van der Waals surface area contributed by atoms with Crippen LogP contribution in [0.1, 0.15) is 37.4 Å². The van der Waals surface area contributed by atoms with E-state index in [1.165, 1.54) is 11.3 Å². The van der Waals surface area contributed by atoms with Gasteiger partial charge in [-0.05, 0) is 56.7 Å². The van der Waals surface area contributed by atoms with Crippen LogP contribution < -0.4 is 10.6 Å². The summed E-state index contributed by atoms with van der Waals surface area (Å²) < 4.78 is 0. The maximum absolute atomic E-state index is 12.1. The van der Waals surface area contributed by atoms with Crippen LogP contribution in [-0.4, -0.2) is 18.4 Å². The van der Waals surface area contributed by atoms with Crippen LogP contribution in [0.5, 0.6) is 0 Å². The van der Waals surface area contributed by atoms with Crippen LogP contribution >= 0.6 is 11.3 Å². The standard InChI is InChI=1S/C16H18N2O2S/c1-4-17-15(19)12-5-7-13(8-6-12)18-16(20)14-9-10(2)11(3)21-14/h5-9H,4H2,1-3H3,(H,17,19)(H,18,20). The number of aryl methyl sites for hydroxylation is 2. The molecule has 2 aromatic rings. The summed E-state index contributed by atoms with van der Waals surface area (Å²) in [6.45, 7) is 6.45. The van der Waals surface area contributed by atoms with Gasteiger partial charge in [-0.3, -0.25) is 9.59 Å². The van der Waals surface area contributed by atoms with Crippen LogP contribution in [0.25, 0.3) is 0 Å². The zero-order valence-corrected chi connectivity index (χ0v) is 13.1. The van der Waals surface area contributed by atoms with E-state index >= 15 is 0 Å². The van der Waals surface area contributed by atoms with Crippen molar-refractivity contribution in [2.75, 3.05) is 11.9 Å². The lowest BCUT2D eigenvalue weighted by molar-refractivity contribution is 0.0955. The second-order valence-electron chi connectivity index (χ2n) is 4.74. The molecule has 0 bridgehead atoms. The molecule has 0 aliphatic carbocycles. The Morgan fingerprint density at radius 2 is 1.76 bits per heavy atom. The van der Waals surface area contributed by atoms with Gasteiger partial charge in [0.05, 0.1) is 4.88 Å². The van der Waals surface area contributed by atoms with E-state index in [9.17, 15) is 9.59 Å². The molecule has 4 nitrogen and oxygen atoms in total. The lowest BCUT2D eigenvalue weighted by Crippen LogP contribution is -2.22. The molecule has 110 valence electrons. The second-order valence-corrected chi connectivity index (χ2v) is 6.00. The summed E-state index contributed by atoms with van der Waals surface area (Å²) in [7, 11) is 0. The summed E-state index contributed by atoms with van der Waals surface area (Å²) in [4.78, 5) is 25.6. The number of anilines is 1. The maximum Gasteiger partial charge on any atom is 0.265 e. The number of carbonyl (C=O) groups excluding carboxylic acids is 2. The largest absolute Gasteiger partial charge is 0.352 e. The minimum atomic E-state index is -0.123. The van der Waals surface area contributed by atoms with E-state index in [2.05, 4.69) is 10.6 Å². The van der Waals surface area contributed by atoms with Gasteiger partial charge in [-0.2, -0.15) is 0 Å². The topological polar surface area (TPSA) is 58.2 Å². The van der Waals surface area contributed by atoms with E-state index in [1.54, 1.807) is 24.3 Å². The van der Waals surface area contributed by atoms with E-state index in [0.717, 1.165) is 10.4 Å². The second kappa shape index (κ2) is 6.54. The number of hydrogen-bond donors (Lipinski definition) is 2. The van der Waals surface area contributed by atoms with E-state index in [0.29, 0.717) is 22.7 Å². The Bertz CT molecular complexity index is 640. The summed E-state index contributed by atoms with van der Waals surface area (Å²) in [5, 5.41) is 5.57. The van der Waals surface area contributed by atoms with Gasteiger partial charge < -0.3 is 10.6 Å². The molecule has 2 N–H and O–H groups in total. The number of nitrogens with one attached hydrogen (secondary N) is 2. The van der Waals surface area contributed by atoms with Crippen molar-refractivity contribution >= 4 is 28.8 Å². The quantitative estimate of drug-likeness (QED) is 0.909. The van der Waals surface area contributed by atoms with Gasteiger partial charge >= 0.3 is 0 Å². The summed E-state index contributed by atoms with van der Waals surface area (Å²) in [6.07, 6.45) is 0. The van der Waals surface area contributed by atoms with Crippen molar-refractivity contribution in [2.24, 2.45) is 0 Å². The summed E-state index contributed by atoms with van der Waals surface area (Å²) in [5.74, 6) is -0.234. The van der Waals surface area contributed by atoms with Gasteiger partial charge in [-0.15, -0.1) is 11.3 Å². The van der Waals surface area contributed by atoms with E-state index < -0.39 is 0 Å². The number of benzene rings is 1. The van der Waals surface area contributed by atoms with E-state index in [1.807, 2.05) is 26.8 Å². The first kappa shape index (κ1) is 15.3. The molecule has 0 atom stereocenters. The first-order valence-corrected chi connectivity index (χ1v) is 7.59. The van der Waals surface area contributed by atoms with Gasteiger partial charge in [0.2, 0.25) is 0 Å². The fourth-order valence-corrected chi connectivity index (χ4v) is 2.77. The minimum Gasteiger partial charge on any atom is -0.352 e. The number of amides is 2. The first-order valence-electron chi connectivity index (χ1n) is 6.78. The van der Waals surface area contributed by atoms with Crippen molar-refractivity contribution in [1.82, 2.24) is 5.32 Å². The molecule has 0 saturated heterocycles. The molecule has 0 unspecified atom stereocenters. The van der Waals surface area contributed by atoms with Gasteiger partial charge in [-0.25, -0.2) is 0 Å². The molecule has 0 radical (unpaired) electrons. The highest BCUT2D eigenvalue weighted by Gasteiger charge is 2.11. The summed E-state index contributed by atoms with van der Waals surface area (Å²) in [5.41, 5.74) is 2.38. The molecule has 5 heteroatoms. The zero-order valence-electron chi connectivity index (χ0n) is 12.3. The van der Waals surface area contributed by atoms with Crippen molar-refractivity contribution in [1.29, 1.82) is 0 Å². The van der Waals surface area contributed by atoms with Crippen molar-refractivity contribution in [3.05, 3.63) is 51.2 Å². The van der Waals surface area contributed by atoms with Crippen LogP contribution in [0.2, 0.25) is 0 Å². The molecule has 1 heterocycles. The van der Waals surface area contributed by atoms with Gasteiger partial charge in [0.15, 0.2) is 0 Å². The third-order valence-electron chi connectivity index (χ3n) is 3.13. The molecular formula is C16H18N2O2S. The number of thiophene rings is 1. The Balaban J connectivity index is 2.06. The Morgan fingerprint density at radius 1 is 1.10 bits per heavy atom. The van der Waals surface area contributed by atoms with Crippen LogP contribution in [0.15, 0.2) is 30.3 Å². The molecule has 0 saturated carbocycles. The Labute approximate surface area is 128 Å². The highest BCUT2D eigenvalue weighted by Crippen LogP contribution is 2.21. The zero-order chi connectivity index (χ0) is 15.4. The monoisotopic (exact) mass is 302 g/mol. The fraction of sp³-hybridized carbons (Fsp3) is 0.250. The summed E-state index contributed by atoms with van der Waals surface area (Å²) >= 11 is 1.48. The van der Waals surface area contributed by atoms with Crippen LogP contribution in [-0.2, 0) is 0 Å². The number of hydrogen-bond acceptors (Lipinski definition) is 3. The SMILES string of the molecule is CCNC(=O)c1ccc(NC(=O)c2cc(C)c(C)s2)cc1. The molecule has 1 aromatic carbocycles. The van der Waals surface area contributed by atoms with Gasteiger partial charge in [0, 0.05) is 22.7 Å². The Kier molecular flexibility index (Phi) is 4.75. The Hall–Kier alpha value is -2.14. The third-order valence-corrected chi connectivity index (χ3v) is 4.28. The van der Waals surface area contributed by atoms with Crippen LogP contribution in [0.3, 0.4) is 0 Å². The van der Waals surface area contributed by atoms with Crippen molar-refractivity contribution < 1.29 is 9.59 Å². The highest BCUT2D eigenvalue weighted by atomic mass is 32.1. The van der Waals surface area contributed by atoms with Crippen molar-refractivity contribution in [3.63, 3.8) is 0 Å². The van der Waals surface area contributed by atoms with E-state index in [4.69, 9.17) is 0 Å². The molecule has 0 aliphatic heterocycles. The molecule has 21 heavy (non-hydrogen) atoms. The molecule has 0 fully saturated rings. The van der Waals surface area contributed by atoms with E-state index in [-0.39, 0.29) is 11.8 Å². The predicted molar refractivity (Wildman–Crippen MR) is 86.2 cm³/mol. The smallest absolute Gasteiger partial charge is 0.265 e. The molecular weight excluding hydrogens is 284 g/mol. The molecule has 2 amide bonds. The minimum absolute atomic E-state index is 0.111. The van der Waals surface area contributed by atoms with Crippen LogP contribution in [0.4, 0.5) is 5.69 Å². The number of carbonyl (C=O) groups is 2. The molecule has 2 rings (SSSR count). The fourth-order valence-electron chi connectivity index (χ4n) is 1.85. The Morgan fingerprint density at radius 3 is 2.29 bits per heavy atom. The van der Waals surface area contributed by atoms with Gasteiger partial charge in [0.1, 0.15) is 0 Å². The lowest BCUT2D eigenvalue weighted by Gasteiger charge is -2.05. The molecule has 0 aliphatic rings. The average molecular weight is 302 g/mol. The average Bonchev–Trinajstić information content (AvgIpc) is 2.80. The third kappa shape index (κ3) is 3.70. The normalized spacial score (nSPS) is 10.2. The van der Waals surface area contributed by atoms with Gasteiger partial charge in [-0.1, -0.05) is 0 Å². The van der Waals surface area contributed by atoms with Crippen molar-refractivity contribution in [3.8, 4) is 0 Å². The van der Waals surface area contributed by atoms with Crippen LogP contribution in [0, 0.1) is 13.8 Å². The predicted octanol–water partition coefficient (Wildman–Crippen LogP) is 3.37. The van der Waals surface area contributed by atoms with Gasteiger partial charge in [0.25, 0.3) is 11.8 Å². The maximum atomic E-state index is 12.1. The first-order chi connectivity index (χ1) is 10.0. The summed E-state index contributed by atoms with van der Waals surface area (Å²) in [6, 6.07) is 8.75.